The largest absolute Gasteiger partial charge is 0.472 e. The number of aliphatic hydroxyl groups is 1. The van der Waals surface area contributed by atoms with Gasteiger partial charge in [0.15, 0.2) is 5.60 Å². The Bertz CT molecular complexity index is 973. The van der Waals surface area contributed by atoms with E-state index in [9.17, 15) is 9.90 Å². The molecule has 0 bridgehead atoms. The van der Waals surface area contributed by atoms with Crippen molar-refractivity contribution in [2.45, 2.75) is 5.60 Å². The lowest BCUT2D eigenvalue weighted by Crippen LogP contribution is -2.41. The molecule has 6 nitrogen and oxygen atoms in total. The highest BCUT2D eigenvalue weighted by Gasteiger charge is 2.36. The van der Waals surface area contributed by atoms with E-state index in [0.29, 0.717) is 17.0 Å². The number of nitrogens with zero attached hydrogens (tertiary/aromatic N) is 1. The summed E-state index contributed by atoms with van der Waals surface area (Å²) in [7, 11) is 0. The van der Waals surface area contributed by atoms with Gasteiger partial charge in [-0.1, -0.05) is 30.3 Å². The van der Waals surface area contributed by atoms with Crippen molar-refractivity contribution in [3.63, 3.8) is 0 Å². The van der Waals surface area contributed by atoms with Gasteiger partial charge in [0.05, 0.1) is 25.3 Å². The van der Waals surface area contributed by atoms with Gasteiger partial charge in [-0.3, -0.25) is 4.79 Å². The van der Waals surface area contributed by atoms with E-state index >= 15 is 0 Å². The third-order valence-electron chi connectivity index (χ3n) is 4.19. The van der Waals surface area contributed by atoms with Crippen molar-refractivity contribution >= 4 is 17.2 Å². The maximum Gasteiger partial charge on any atom is 0.270 e. The van der Waals surface area contributed by atoms with Crippen molar-refractivity contribution in [1.82, 2.24) is 10.3 Å². The fourth-order valence-electron chi connectivity index (χ4n) is 2.74. The SMILES string of the molecule is O=C(NC[C@](O)(c1ccoc1)c1ccco1)c1csc(-c2ccccc2)n1. The van der Waals surface area contributed by atoms with Gasteiger partial charge >= 0.3 is 0 Å². The van der Waals surface area contributed by atoms with Gasteiger partial charge in [-0.05, 0) is 18.2 Å². The summed E-state index contributed by atoms with van der Waals surface area (Å²) in [5.74, 6) is -0.0608. The van der Waals surface area contributed by atoms with Crippen molar-refractivity contribution in [3.05, 3.63) is 89.7 Å². The number of aromatic nitrogens is 1. The fraction of sp³-hybridized carbons (Fsp3) is 0.100. The van der Waals surface area contributed by atoms with E-state index < -0.39 is 5.60 Å². The molecular weight excluding hydrogens is 364 g/mol. The van der Waals surface area contributed by atoms with Crippen LogP contribution in [-0.4, -0.2) is 22.5 Å². The average Bonchev–Trinajstić information content (AvgIpc) is 3.48. The van der Waals surface area contributed by atoms with Crippen LogP contribution >= 0.6 is 11.3 Å². The predicted molar refractivity (Wildman–Crippen MR) is 100 cm³/mol. The van der Waals surface area contributed by atoms with E-state index in [-0.39, 0.29) is 12.5 Å². The van der Waals surface area contributed by atoms with Crippen molar-refractivity contribution in [2.24, 2.45) is 0 Å². The molecule has 0 spiro atoms. The predicted octanol–water partition coefficient (Wildman–Crippen LogP) is 3.66. The monoisotopic (exact) mass is 380 g/mol. The molecular formula is C20H16N2O4S. The van der Waals surface area contributed by atoms with Gasteiger partial charge in [0, 0.05) is 16.5 Å². The summed E-state index contributed by atoms with van der Waals surface area (Å²) >= 11 is 1.39. The number of nitrogens with one attached hydrogen (secondary N) is 1. The highest BCUT2D eigenvalue weighted by molar-refractivity contribution is 7.13. The number of hydrogen-bond donors (Lipinski definition) is 2. The van der Waals surface area contributed by atoms with Crippen molar-refractivity contribution < 1.29 is 18.7 Å². The van der Waals surface area contributed by atoms with Crippen molar-refractivity contribution in [2.75, 3.05) is 6.54 Å². The molecule has 0 aliphatic rings. The Morgan fingerprint density at radius 1 is 1.15 bits per heavy atom. The Hall–Kier alpha value is -3.16. The van der Waals surface area contributed by atoms with E-state index in [1.54, 1.807) is 23.6 Å². The first-order valence-corrected chi connectivity index (χ1v) is 9.13. The van der Waals surface area contributed by atoms with Gasteiger partial charge in [0.2, 0.25) is 0 Å². The van der Waals surface area contributed by atoms with Crippen LogP contribution in [0.3, 0.4) is 0 Å². The zero-order valence-electron chi connectivity index (χ0n) is 14.2. The Balaban J connectivity index is 1.52. The smallest absolute Gasteiger partial charge is 0.270 e. The first kappa shape index (κ1) is 17.3. The second-order valence-corrected chi connectivity index (χ2v) is 6.79. The Labute approximate surface area is 159 Å². The zero-order valence-corrected chi connectivity index (χ0v) is 15.0. The van der Waals surface area contributed by atoms with Gasteiger partial charge in [0.1, 0.15) is 16.5 Å². The molecule has 1 atom stereocenters. The molecule has 0 aliphatic carbocycles. The summed E-state index contributed by atoms with van der Waals surface area (Å²) in [5, 5.41) is 16.3. The number of carbonyl (C=O) groups excluding carboxylic acids is 1. The van der Waals surface area contributed by atoms with Crippen LogP contribution in [-0.2, 0) is 5.60 Å². The molecule has 4 rings (SSSR count). The van der Waals surface area contributed by atoms with Crippen LogP contribution in [0.25, 0.3) is 10.6 Å². The normalized spacial score (nSPS) is 13.2. The van der Waals surface area contributed by atoms with Gasteiger partial charge in [-0.25, -0.2) is 4.98 Å². The first-order chi connectivity index (χ1) is 13.2. The van der Waals surface area contributed by atoms with E-state index in [2.05, 4.69) is 10.3 Å². The van der Waals surface area contributed by atoms with Gasteiger partial charge in [-0.2, -0.15) is 0 Å². The molecule has 136 valence electrons. The molecule has 3 aromatic heterocycles. The summed E-state index contributed by atoms with van der Waals surface area (Å²) in [6.07, 6.45) is 4.34. The number of benzene rings is 1. The van der Waals surface area contributed by atoms with Crippen LogP contribution in [0.5, 0.6) is 0 Å². The molecule has 4 aromatic rings. The fourth-order valence-corrected chi connectivity index (χ4v) is 3.54. The first-order valence-electron chi connectivity index (χ1n) is 8.25. The summed E-state index contributed by atoms with van der Waals surface area (Å²) in [6.45, 7) is -0.0862. The number of rotatable bonds is 6. The molecule has 1 aromatic carbocycles. The summed E-state index contributed by atoms with van der Waals surface area (Å²) in [4.78, 5) is 16.9. The van der Waals surface area contributed by atoms with Gasteiger partial charge < -0.3 is 19.3 Å². The van der Waals surface area contributed by atoms with Crippen LogP contribution in [0.4, 0.5) is 0 Å². The second kappa shape index (κ2) is 7.22. The Morgan fingerprint density at radius 3 is 2.70 bits per heavy atom. The molecule has 3 heterocycles. The molecule has 1 amide bonds. The number of amides is 1. The van der Waals surface area contributed by atoms with E-state index in [1.165, 1.54) is 30.1 Å². The average molecular weight is 380 g/mol. The van der Waals surface area contributed by atoms with Crippen LogP contribution in [0.2, 0.25) is 0 Å². The molecule has 2 N–H and O–H groups in total. The van der Waals surface area contributed by atoms with Crippen LogP contribution in [0.1, 0.15) is 21.8 Å². The molecule has 0 aliphatic heterocycles. The van der Waals surface area contributed by atoms with Gasteiger partial charge in [0.25, 0.3) is 5.91 Å². The summed E-state index contributed by atoms with van der Waals surface area (Å²) < 4.78 is 10.4. The lowest BCUT2D eigenvalue weighted by molar-refractivity contribution is 0.0519. The van der Waals surface area contributed by atoms with E-state index in [1.807, 2.05) is 30.3 Å². The minimum atomic E-state index is -1.54. The van der Waals surface area contributed by atoms with Crippen LogP contribution in [0.15, 0.2) is 81.5 Å². The minimum absolute atomic E-state index is 0.0862. The van der Waals surface area contributed by atoms with Crippen LogP contribution in [0, 0.1) is 0 Å². The van der Waals surface area contributed by atoms with Crippen LogP contribution < -0.4 is 5.32 Å². The van der Waals surface area contributed by atoms with E-state index in [4.69, 9.17) is 8.83 Å². The molecule has 27 heavy (non-hydrogen) atoms. The summed E-state index contributed by atoms with van der Waals surface area (Å²) in [6, 6.07) is 14.6. The highest BCUT2D eigenvalue weighted by atomic mass is 32.1. The molecule has 0 radical (unpaired) electrons. The Kier molecular flexibility index (Phi) is 4.62. The lowest BCUT2D eigenvalue weighted by atomic mass is 9.93. The number of carbonyl (C=O) groups is 1. The number of thiazole rings is 1. The maximum atomic E-state index is 12.5. The minimum Gasteiger partial charge on any atom is -0.472 e. The molecule has 0 saturated heterocycles. The van der Waals surface area contributed by atoms with E-state index in [0.717, 1.165) is 10.6 Å². The standard InChI is InChI=1S/C20H16N2O4S/c23-18(16-12-27-19(22-16)14-5-2-1-3-6-14)21-13-20(24,15-8-10-25-11-15)17-7-4-9-26-17/h1-12,24H,13H2,(H,21,23)/t20-/m0/s1. The molecule has 0 unspecified atom stereocenters. The number of hydrogen-bond acceptors (Lipinski definition) is 6. The topological polar surface area (TPSA) is 88.5 Å². The zero-order chi connectivity index (χ0) is 18.7. The maximum absolute atomic E-state index is 12.5. The Morgan fingerprint density at radius 2 is 2.00 bits per heavy atom. The number of furan rings is 2. The second-order valence-electron chi connectivity index (χ2n) is 5.94. The molecule has 7 heteroatoms. The third-order valence-corrected chi connectivity index (χ3v) is 5.08. The highest BCUT2D eigenvalue weighted by Crippen LogP contribution is 2.30. The van der Waals surface area contributed by atoms with Crippen molar-refractivity contribution in [3.8, 4) is 10.6 Å². The summed E-state index contributed by atoms with van der Waals surface area (Å²) in [5.41, 5.74) is 0.200. The van der Waals surface area contributed by atoms with Gasteiger partial charge in [-0.15, -0.1) is 11.3 Å². The molecule has 0 fully saturated rings. The quantitative estimate of drug-likeness (QED) is 0.533. The van der Waals surface area contributed by atoms with Crippen molar-refractivity contribution in [1.29, 1.82) is 0 Å². The third kappa shape index (κ3) is 3.42. The molecule has 0 saturated carbocycles. The lowest BCUT2D eigenvalue weighted by Gasteiger charge is -2.25.